The molecular formula is C26H27NO6S. The minimum atomic E-state index is -4.17. The van der Waals surface area contributed by atoms with Crippen LogP contribution in [0.3, 0.4) is 0 Å². The van der Waals surface area contributed by atoms with Gasteiger partial charge >= 0.3 is 12.1 Å². The second-order valence-corrected chi connectivity index (χ2v) is 9.71. The zero-order valence-corrected chi connectivity index (χ0v) is 19.6. The van der Waals surface area contributed by atoms with Crippen LogP contribution in [0.25, 0.3) is 0 Å². The van der Waals surface area contributed by atoms with Crippen LogP contribution < -0.4 is 5.32 Å². The highest BCUT2D eigenvalue weighted by Crippen LogP contribution is 2.22. The molecule has 0 radical (unpaired) electrons. The van der Waals surface area contributed by atoms with E-state index in [1.165, 1.54) is 12.1 Å². The lowest BCUT2D eigenvalue weighted by Gasteiger charge is -2.26. The van der Waals surface area contributed by atoms with Crippen LogP contribution in [-0.2, 0) is 37.1 Å². The molecule has 0 saturated carbocycles. The third-order valence-electron chi connectivity index (χ3n) is 5.31. The van der Waals surface area contributed by atoms with Crippen LogP contribution in [0.2, 0.25) is 0 Å². The summed E-state index contributed by atoms with van der Waals surface area (Å²) < 4.78 is 37.1. The van der Waals surface area contributed by atoms with Gasteiger partial charge in [0.2, 0.25) is 0 Å². The van der Waals surface area contributed by atoms with Gasteiger partial charge in [-0.05, 0) is 36.1 Å². The number of hydrogen-bond acceptors (Lipinski definition) is 6. The average molecular weight is 482 g/mol. The highest BCUT2D eigenvalue weighted by atomic mass is 32.2. The predicted molar refractivity (Wildman–Crippen MR) is 128 cm³/mol. The highest BCUT2D eigenvalue weighted by Gasteiger charge is 2.42. The van der Waals surface area contributed by atoms with Crippen LogP contribution in [0.4, 0.5) is 4.79 Å². The molecule has 0 aromatic heterocycles. The molecule has 0 aliphatic carbocycles. The molecule has 0 fully saturated rings. The minimum Gasteiger partial charge on any atom is -0.468 e. The lowest BCUT2D eigenvalue weighted by Crippen LogP contribution is -2.51. The summed E-state index contributed by atoms with van der Waals surface area (Å²) in [6.07, 6.45) is -0.211. The van der Waals surface area contributed by atoms with Crippen LogP contribution in [0, 0.1) is 0 Å². The van der Waals surface area contributed by atoms with E-state index in [1.54, 1.807) is 30.3 Å². The fourth-order valence-corrected chi connectivity index (χ4v) is 5.38. The maximum atomic E-state index is 13.5. The first-order chi connectivity index (χ1) is 16.4. The summed E-state index contributed by atoms with van der Waals surface area (Å²) in [5, 5.41) is 0.962. The average Bonchev–Trinajstić information content (AvgIpc) is 2.87. The van der Waals surface area contributed by atoms with Crippen LogP contribution in [0.5, 0.6) is 0 Å². The highest BCUT2D eigenvalue weighted by molar-refractivity contribution is 7.92. The lowest BCUT2D eigenvalue weighted by atomic mass is 10.0. The number of sulfone groups is 1. The molecule has 0 spiro atoms. The van der Waals surface area contributed by atoms with Crippen LogP contribution in [0.15, 0.2) is 95.9 Å². The first kappa shape index (κ1) is 25.0. The maximum Gasteiger partial charge on any atom is 0.407 e. The summed E-state index contributed by atoms with van der Waals surface area (Å²) in [7, 11) is -3.05. The molecule has 8 heteroatoms. The van der Waals surface area contributed by atoms with Gasteiger partial charge in [0.25, 0.3) is 0 Å². The Kier molecular flexibility index (Phi) is 8.81. The van der Waals surface area contributed by atoms with Crippen molar-refractivity contribution in [2.75, 3.05) is 7.11 Å². The quantitative estimate of drug-likeness (QED) is 0.441. The predicted octanol–water partition coefficient (Wildman–Crippen LogP) is 3.93. The summed E-state index contributed by atoms with van der Waals surface area (Å²) in [4.78, 5) is 25.4. The molecule has 3 aromatic carbocycles. The van der Waals surface area contributed by atoms with Crippen LogP contribution in [-0.4, -0.2) is 38.9 Å². The number of esters is 1. The molecule has 0 aliphatic rings. The smallest absolute Gasteiger partial charge is 0.407 e. The summed E-state index contributed by atoms with van der Waals surface area (Å²) in [5.41, 5.74) is 1.72. The van der Waals surface area contributed by atoms with Crippen molar-refractivity contribution < 1.29 is 27.5 Å². The molecule has 0 bridgehead atoms. The van der Waals surface area contributed by atoms with Crippen molar-refractivity contribution in [2.24, 2.45) is 0 Å². The van der Waals surface area contributed by atoms with Gasteiger partial charge in [-0.25, -0.2) is 13.2 Å². The Labute approximate surface area is 199 Å². The number of carbonyl (C=O) groups is 2. The molecule has 1 N–H and O–H groups in total. The Bertz CT molecular complexity index is 1170. The van der Waals surface area contributed by atoms with Crippen molar-refractivity contribution in [1.82, 2.24) is 5.32 Å². The van der Waals surface area contributed by atoms with Crippen LogP contribution >= 0.6 is 0 Å². The Hall–Kier alpha value is -3.65. The van der Waals surface area contributed by atoms with E-state index in [-0.39, 0.29) is 17.9 Å². The summed E-state index contributed by atoms with van der Waals surface area (Å²) in [5.74, 6) is -0.953. The fourth-order valence-electron chi connectivity index (χ4n) is 3.56. The molecule has 1 unspecified atom stereocenters. The topological polar surface area (TPSA) is 98.8 Å². The van der Waals surface area contributed by atoms with Crippen molar-refractivity contribution in [3.05, 3.63) is 102 Å². The van der Waals surface area contributed by atoms with E-state index in [0.29, 0.717) is 6.42 Å². The van der Waals surface area contributed by atoms with Crippen molar-refractivity contribution >= 4 is 21.9 Å². The van der Waals surface area contributed by atoms with Gasteiger partial charge in [0.1, 0.15) is 6.61 Å². The number of alkyl carbamates (subject to hydrolysis) is 1. The van der Waals surface area contributed by atoms with E-state index < -0.39 is 33.2 Å². The van der Waals surface area contributed by atoms with E-state index in [2.05, 4.69) is 5.32 Å². The SMILES string of the molecule is COC(=O)C([C@H](CCc1ccccc1)NC(=O)OCc1ccccc1)S(=O)(=O)c1ccccc1. The maximum absolute atomic E-state index is 13.5. The third kappa shape index (κ3) is 6.68. The molecule has 0 aliphatic heterocycles. The van der Waals surface area contributed by atoms with Crippen LogP contribution in [0.1, 0.15) is 17.5 Å². The molecule has 0 saturated heterocycles. The van der Waals surface area contributed by atoms with Gasteiger partial charge in [0.05, 0.1) is 18.0 Å². The molecule has 2 atom stereocenters. The number of benzene rings is 3. The van der Waals surface area contributed by atoms with Gasteiger partial charge in [-0.1, -0.05) is 78.9 Å². The Morgan fingerprint density at radius 1 is 0.824 bits per heavy atom. The van der Waals surface area contributed by atoms with Gasteiger partial charge in [0.15, 0.2) is 15.1 Å². The van der Waals surface area contributed by atoms with Gasteiger partial charge < -0.3 is 14.8 Å². The number of nitrogens with one attached hydrogen (secondary N) is 1. The molecule has 0 heterocycles. The van der Waals surface area contributed by atoms with E-state index in [0.717, 1.165) is 18.2 Å². The summed E-state index contributed by atoms with van der Waals surface area (Å²) in [6.45, 7) is 0.00635. The number of ether oxygens (including phenoxy) is 2. The number of methoxy groups -OCH3 is 1. The molecular weight excluding hydrogens is 454 g/mol. The number of amides is 1. The zero-order chi connectivity index (χ0) is 24.4. The number of rotatable bonds is 10. The summed E-state index contributed by atoms with van der Waals surface area (Å²) in [6, 6.07) is 25.0. The lowest BCUT2D eigenvalue weighted by molar-refractivity contribution is -0.140. The molecule has 178 valence electrons. The molecule has 1 amide bonds. The summed E-state index contributed by atoms with van der Waals surface area (Å²) >= 11 is 0. The number of carbonyl (C=O) groups excluding carboxylic acids is 2. The van der Waals surface area contributed by atoms with E-state index >= 15 is 0 Å². The first-order valence-electron chi connectivity index (χ1n) is 10.8. The van der Waals surface area contributed by atoms with Gasteiger partial charge in [-0.2, -0.15) is 0 Å². The molecule has 7 nitrogen and oxygen atoms in total. The minimum absolute atomic E-state index is 0.00635. The van der Waals surface area contributed by atoms with Crippen molar-refractivity contribution in [3.8, 4) is 0 Å². The largest absolute Gasteiger partial charge is 0.468 e. The van der Waals surface area contributed by atoms with Gasteiger partial charge in [-0.15, -0.1) is 0 Å². The Balaban J connectivity index is 1.86. The van der Waals surface area contributed by atoms with Crippen molar-refractivity contribution in [1.29, 1.82) is 0 Å². The normalized spacial score (nSPS) is 12.9. The van der Waals surface area contributed by atoms with E-state index in [4.69, 9.17) is 9.47 Å². The Morgan fingerprint density at radius 2 is 1.35 bits per heavy atom. The second-order valence-electron chi connectivity index (χ2n) is 7.64. The van der Waals surface area contributed by atoms with Gasteiger partial charge in [0, 0.05) is 0 Å². The van der Waals surface area contributed by atoms with Gasteiger partial charge in [-0.3, -0.25) is 4.79 Å². The number of hydrogen-bond donors (Lipinski definition) is 1. The van der Waals surface area contributed by atoms with Crippen molar-refractivity contribution in [3.63, 3.8) is 0 Å². The van der Waals surface area contributed by atoms with E-state index in [1.807, 2.05) is 48.5 Å². The molecule has 3 aromatic rings. The number of aryl methyl sites for hydroxylation is 1. The molecule has 34 heavy (non-hydrogen) atoms. The standard InChI is InChI=1S/C26H27NO6S/c1-32-25(28)24(34(30,31)22-15-9-4-10-16-22)23(18-17-20-11-5-2-6-12-20)27-26(29)33-19-21-13-7-3-8-14-21/h2-16,23-24H,17-19H2,1H3,(H,27,29)/t23-,24?/m0/s1. The Morgan fingerprint density at radius 3 is 1.91 bits per heavy atom. The zero-order valence-electron chi connectivity index (χ0n) is 18.8. The fraction of sp³-hybridized carbons (Fsp3) is 0.231. The van der Waals surface area contributed by atoms with E-state index in [9.17, 15) is 18.0 Å². The third-order valence-corrected chi connectivity index (χ3v) is 7.43. The monoisotopic (exact) mass is 481 g/mol. The second kappa shape index (κ2) is 12.0. The first-order valence-corrected chi connectivity index (χ1v) is 12.3. The molecule has 3 rings (SSSR count). The van der Waals surface area contributed by atoms with Crippen molar-refractivity contribution in [2.45, 2.75) is 35.6 Å².